The highest BCUT2D eigenvalue weighted by molar-refractivity contribution is 5.85. The van der Waals surface area contributed by atoms with E-state index < -0.39 is 0 Å². The Hall–Kier alpha value is -0.320. The molecule has 0 aromatic carbocycles. The number of carbonyl (C=O) groups excluding carboxylic acids is 1. The minimum absolute atomic E-state index is 0. The molecule has 2 rings (SSSR count). The van der Waals surface area contributed by atoms with Crippen LogP contribution in [0.5, 0.6) is 0 Å². The molecule has 5 heteroatoms. The van der Waals surface area contributed by atoms with Crippen molar-refractivity contribution in [1.29, 1.82) is 0 Å². The fourth-order valence-electron chi connectivity index (χ4n) is 4.26. The maximum atomic E-state index is 12.9. The van der Waals surface area contributed by atoms with Crippen molar-refractivity contribution in [3.05, 3.63) is 0 Å². The number of ether oxygens (including phenoxy) is 1. The highest BCUT2D eigenvalue weighted by atomic mass is 35.5. The van der Waals surface area contributed by atoms with Crippen molar-refractivity contribution in [2.45, 2.75) is 71.8 Å². The summed E-state index contributed by atoms with van der Waals surface area (Å²) in [4.78, 5) is 12.9. The maximum absolute atomic E-state index is 12.9. The monoisotopic (exact) mass is 360 g/mol. The van der Waals surface area contributed by atoms with Gasteiger partial charge < -0.3 is 15.4 Å². The number of piperidine rings is 1. The van der Waals surface area contributed by atoms with Gasteiger partial charge in [-0.3, -0.25) is 4.79 Å². The Morgan fingerprint density at radius 1 is 1.21 bits per heavy atom. The normalized spacial score (nSPS) is 27.2. The van der Waals surface area contributed by atoms with E-state index in [4.69, 9.17) is 4.74 Å². The average Bonchev–Trinajstić information content (AvgIpc) is 2.56. The molecule has 0 bridgehead atoms. The van der Waals surface area contributed by atoms with Crippen molar-refractivity contribution >= 4 is 18.3 Å². The van der Waals surface area contributed by atoms with Crippen LogP contribution in [0.25, 0.3) is 0 Å². The number of carbonyl (C=O) groups is 1. The van der Waals surface area contributed by atoms with Gasteiger partial charge in [0.05, 0.1) is 12.0 Å². The molecule has 24 heavy (non-hydrogen) atoms. The van der Waals surface area contributed by atoms with Crippen molar-refractivity contribution in [3.8, 4) is 0 Å². The Morgan fingerprint density at radius 3 is 2.29 bits per heavy atom. The number of methoxy groups -OCH3 is 1. The van der Waals surface area contributed by atoms with Crippen LogP contribution in [0.2, 0.25) is 0 Å². The molecule has 2 aliphatic rings. The van der Waals surface area contributed by atoms with Gasteiger partial charge in [-0.1, -0.05) is 27.2 Å². The van der Waals surface area contributed by atoms with E-state index in [2.05, 4.69) is 31.4 Å². The van der Waals surface area contributed by atoms with Crippen LogP contribution in [-0.4, -0.2) is 38.8 Å². The SMILES string of the molecule is CCC(C)(C)C1CCC(NC(=O)C2(COC)CCNCC2)CC1.Cl. The van der Waals surface area contributed by atoms with E-state index in [9.17, 15) is 4.79 Å². The maximum Gasteiger partial charge on any atom is 0.228 e. The number of amides is 1. The molecule has 0 spiro atoms. The van der Waals surface area contributed by atoms with Gasteiger partial charge >= 0.3 is 0 Å². The number of halogens is 1. The Labute approximate surface area is 154 Å². The molecular weight excluding hydrogens is 324 g/mol. The van der Waals surface area contributed by atoms with Crippen LogP contribution >= 0.6 is 12.4 Å². The summed E-state index contributed by atoms with van der Waals surface area (Å²) in [6.07, 6.45) is 7.73. The van der Waals surface area contributed by atoms with E-state index in [1.54, 1.807) is 7.11 Å². The van der Waals surface area contributed by atoms with Gasteiger partial charge in [-0.15, -0.1) is 12.4 Å². The van der Waals surface area contributed by atoms with Gasteiger partial charge in [0.15, 0.2) is 0 Å². The summed E-state index contributed by atoms with van der Waals surface area (Å²) < 4.78 is 5.38. The minimum Gasteiger partial charge on any atom is -0.384 e. The van der Waals surface area contributed by atoms with E-state index in [-0.39, 0.29) is 23.7 Å². The first kappa shape index (κ1) is 21.7. The zero-order chi connectivity index (χ0) is 16.9. The first-order valence-corrected chi connectivity index (χ1v) is 9.44. The Kier molecular flexibility index (Phi) is 8.51. The quantitative estimate of drug-likeness (QED) is 0.761. The molecule has 1 aliphatic heterocycles. The predicted octanol–water partition coefficient (Wildman–Crippen LogP) is 3.54. The van der Waals surface area contributed by atoms with Crippen LogP contribution in [0.3, 0.4) is 0 Å². The van der Waals surface area contributed by atoms with Crippen LogP contribution in [0.1, 0.15) is 65.7 Å². The minimum atomic E-state index is -0.320. The summed E-state index contributed by atoms with van der Waals surface area (Å²) in [6.45, 7) is 9.43. The molecule has 0 radical (unpaired) electrons. The van der Waals surface area contributed by atoms with Gasteiger partial charge in [-0.25, -0.2) is 0 Å². The lowest BCUT2D eigenvalue weighted by molar-refractivity contribution is -0.137. The van der Waals surface area contributed by atoms with Gasteiger partial charge in [0, 0.05) is 13.2 Å². The molecule has 1 saturated carbocycles. The average molecular weight is 361 g/mol. The zero-order valence-electron chi connectivity index (χ0n) is 16.0. The van der Waals surface area contributed by atoms with E-state index in [0.29, 0.717) is 18.1 Å². The van der Waals surface area contributed by atoms with E-state index in [0.717, 1.165) is 44.7 Å². The Balaban J connectivity index is 0.00000288. The second kappa shape index (κ2) is 9.40. The van der Waals surface area contributed by atoms with Gasteiger partial charge in [0.25, 0.3) is 0 Å². The Morgan fingerprint density at radius 2 is 1.79 bits per heavy atom. The summed E-state index contributed by atoms with van der Waals surface area (Å²) in [5.41, 5.74) is 0.112. The molecule has 1 saturated heterocycles. The van der Waals surface area contributed by atoms with Crippen molar-refractivity contribution in [2.24, 2.45) is 16.7 Å². The first-order chi connectivity index (χ1) is 10.9. The third-order valence-corrected chi connectivity index (χ3v) is 6.54. The Bertz CT molecular complexity index is 381. The van der Waals surface area contributed by atoms with Crippen LogP contribution in [-0.2, 0) is 9.53 Å². The lowest BCUT2D eigenvalue weighted by Gasteiger charge is -2.41. The second-order valence-electron chi connectivity index (χ2n) is 8.33. The highest BCUT2D eigenvalue weighted by Gasteiger charge is 2.41. The number of hydrogen-bond donors (Lipinski definition) is 2. The lowest BCUT2D eigenvalue weighted by atomic mass is 9.68. The molecule has 2 fully saturated rings. The van der Waals surface area contributed by atoms with Crippen molar-refractivity contribution in [1.82, 2.24) is 10.6 Å². The molecule has 2 N–H and O–H groups in total. The van der Waals surface area contributed by atoms with Gasteiger partial charge in [-0.05, 0) is 62.9 Å². The molecule has 0 aromatic rings. The molecule has 1 heterocycles. The summed E-state index contributed by atoms with van der Waals surface area (Å²) in [5, 5.41) is 6.71. The third-order valence-electron chi connectivity index (χ3n) is 6.54. The fraction of sp³-hybridized carbons (Fsp3) is 0.947. The molecule has 4 nitrogen and oxygen atoms in total. The van der Waals surface area contributed by atoms with E-state index >= 15 is 0 Å². The van der Waals surface area contributed by atoms with Crippen molar-refractivity contribution < 1.29 is 9.53 Å². The second-order valence-corrected chi connectivity index (χ2v) is 8.33. The smallest absolute Gasteiger partial charge is 0.228 e. The standard InChI is InChI=1S/C19H36N2O2.ClH/c1-5-18(2,3)15-6-8-16(9-7-15)21-17(22)19(14-23-4)10-12-20-13-11-19;/h15-16,20H,5-14H2,1-4H3,(H,21,22);1H. The topological polar surface area (TPSA) is 50.4 Å². The molecule has 142 valence electrons. The first-order valence-electron chi connectivity index (χ1n) is 9.44. The lowest BCUT2D eigenvalue weighted by Crippen LogP contribution is -2.53. The van der Waals surface area contributed by atoms with Crippen molar-refractivity contribution in [3.63, 3.8) is 0 Å². The molecule has 1 amide bonds. The van der Waals surface area contributed by atoms with Crippen LogP contribution in [0.4, 0.5) is 0 Å². The summed E-state index contributed by atoms with van der Waals surface area (Å²) in [7, 11) is 1.70. The predicted molar refractivity (Wildman–Crippen MR) is 102 cm³/mol. The van der Waals surface area contributed by atoms with Crippen LogP contribution in [0, 0.1) is 16.7 Å². The summed E-state index contributed by atoms with van der Waals surface area (Å²) in [6, 6.07) is 0.357. The zero-order valence-corrected chi connectivity index (χ0v) is 16.8. The van der Waals surface area contributed by atoms with Crippen LogP contribution in [0.15, 0.2) is 0 Å². The molecule has 1 aliphatic carbocycles. The molecule has 0 atom stereocenters. The van der Waals surface area contributed by atoms with E-state index in [1.165, 1.54) is 19.3 Å². The highest BCUT2D eigenvalue weighted by Crippen LogP contribution is 2.40. The molecule has 0 aromatic heterocycles. The number of rotatable bonds is 6. The summed E-state index contributed by atoms with van der Waals surface area (Å²) >= 11 is 0. The van der Waals surface area contributed by atoms with Gasteiger partial charge in [-0.2, -0.15) is 0 Å². The van der Waals surface area contributed by atoms with Crippen LogP contribution < -0.4 is 10.6 Å². The number of hydrogen-bond acceptors (Lipinski definition) is 3. The summed E-state index contributed by atoms with van der Waals surface area (Å²) in [5.74, 6) is 1.02. The molecular formula is C19H37ClN2O2. The third kappa shape index (κ3) is 5.09. The van der Waals surface area contributed by atoms with Gasteiger partial charge in [0.2, 0.25) is 5.91 Å². The largest absolute Gasteiger partial charge is 0.384 e. The van der Waals surface area contributed by atoms with Crippen molar-refractivity contribution in [2.75, 3.05) is 26.8 Å². The van der Waals surface area contributed by atoms with Gasteiger partial charge in [0.1, 0.15) is 0 Å². The fourth-order valence-corrected chi connectivity index (χ4v) is 4.26. The van der Waals surface area contributed by atoms with E-state index in [1.807, 2.05) is 0 Å². The number of nitrogens with one attached hydrogen (secondary N) is 2. The molecule has 0 unspecified atom stereocenters.